The van der Waals surface area contributed by atoms with E-state index in [1.54, 1.807) is 6.20 Å². The number of unbranched alkanes of at least 4 members (excludes halogenated alkanes) is 1. The molecule has 2 heterocycles. The van der Waals surface area contributed by atoms with E-state index in [9.17, 15) is 4.79 Å². The van der Waals surface area contributed by atoms with E-state index in [1.165, 1.54) is 0 Å². The Balaban J connectivity index is 1.88. The summed E-state index contributed by atoms with van der Waals surface area (Å²) in [6, 6.07) is 12.1. The Labute approximate surface area is 122 Å². The third kappa shape index (κ3) is 2.99. The van der Waals surface area contributed by atoms with E-state index >= 15 is 0 Å². The van der Waals surface area contributed by atoms with Crippen LogP contribution in [0.25, 0.3) is 21.8 Å². The molecule has 21 heavy (non-hydrogen) atoms. The van der Waals surface area contributed by atoms with Crippen molar-refractivity contribution in [3.63, 3.8) is 0 Å². The van der Waals surface area contributed by atoms with E-state index in [-0.39, 0.29) is 6.42 Å². The summed E-state index contributed by atoms with van der Waals surface area (Å²) in [6.07, 6.45) is 4.32. The van der Waals surface area contributed by atoms with Crippen LogP contribution in [0.1, 0.15) is 25.0 Å². The second-order valence-electron chi connectivity index (χ2n) is 5.12. The van der Waals surface area contributed by atoms with E-state index in [0.29, 0.717) is 6.42 Å². The molecule has 0 atom stereocenters. The molecule has 0 fully saturated rings. The number of aromatic nitrogens is 2. The molecule has 1 N–H and O–H groups in total. The molecule has 4 heteroatoms. The number of fused-ring (bicyclic) bond motifs is 3. The highest BCUT2D eigenvalue weighted by Crippen LogP contribution is 2.22. The molecule has 3 aromatic rings. The Morgan fingerprint density at radius 2 is 1.76 bits per heavy atom. The van der Waals surface area contributed by atoms with Crippen LogP contribution in [0.15, 0.2) is 42.6 Å². The molecule has 1 aromatic carbocycles. The Hall–Kier alpha value is -2.49. The third-order valence-corrected chi connectivity index (χ3v) is 3.56. The molecule has 0 saturated heterocycles. The highest BCUT2D eigenvalue weighted by atomic mass is 16.4. The lowest BCUT2D eigenvalue weighted by molar-refractivity contribution is -0.137. The Morgan fingerprint density at radius 3 is 2.57 bits per heavy atom. The molecule has 0 saturated carbocycles. The van der Waals surface area contributed by atoms with E-state index in [2.05, 4.69) is 23.2 Å². The van der Waals surface area contributed by atoms with Gasteiger partial charge in [-0.05, 0) is 31.4 Å². The molecule has 0 unspecified atom stereocenters. The Kier molecular flexibility index (Phi) is 3.77. The monoisotopic (exact) mass is 280 g/mol. The molecule has 0 radical (unpaired) electrons. The second kappa shape index (κ2) is 5.87. The number of benzene rings is 1. The summed E-state index contributed by atoms with van der Waals surface area (Å²) in [5.74, 6) is -0.739. The zero-order valence-corrected chi connectivity index (χ0v) is 11.6. The molecule has 0 aliphatic rings. The first-order chi connectivity index (χ1) is 10.2. The van der Waals surface area contributed by atoms with Crippen LogP contribution in [0.3, 0.4) is 0 Å². The topological polar surface area (TPSA) is 63.1 Å². The predicted molar refractivity (Wildman–Crippen MR) is 82.2 cm³/mol. The lowest BCUT2D eigenvalue weighted by Gasteiger charge is -2.05. The van der Waals surface area contributed by atoms with Gasteiger partial charge in [-0.2, -0.15) is 0 Å². The fourth-order valence-electron chi connectivity index (χ4n) is 2.49. The van der Waals surface area contributed by atoms with Crippen LogP contribution in [0.4, 0.5) is 0 Å². The number of aliphatic carboxylic acids is 1. The molecule has 0 aliphatic carbocycles. The molecule has 2 aromatic heterocycles. The highest BCUT2D eigenvalue weighted by Gasteiger charge is 2.05. The maximum atomic E-state index is 10.5. The largest absolute Gasteiger partial charge is 0.481 e. The van der Waals surface area contributed by atoms with E-state index in [1.807, 2.05) is 18.2 Å². The number of aryl methyl sites for hydroxylation is 1. The van der Waals surface area contributed by atoms with Crippen LogP contribution >= 0.6 is 0 Å². The average molecular weight is 280 g/mol. The van der Waals surface area contributed by atoms with Crippen molar-refractivity contribution in [2.45, 2.75) is 25.7 Å². The van der Waals surface area contributed by atoms with E-state index in [0.717, 1.165) is 40.3 Å². The van der Waals surface area contributed by atoms with Gasteiger partial charge in [0.15, 0.2) is 0 Å². The van der Waals surface area contributed by atoms with Crippen LogP contribution in [0, 0.1) is 0 Å². The number of hydrogen-bond donors (Lipinski definition) is 1. The minimum absolute atomic E-state index is 0.220. The molecule has 4 nitrogen and oxygen atoms in total. The summed E-state index contributed by atoms with van der Waals surface area (Å²) >= 11 is 0. The number of hydrogen-bond acceptors (Lipinski definition) is 3. The molecule has 0 bridgehead atoms. The maximum Gasteiger partial charge on any atom is 0.303 e. The Morgan fingerprint density at radius 1 is 1.00 bits per heavy atom. The molecule has 0 amide bonds. The van der Waals surface area contributed by atoms with Crippen LogP contribution < -0.4 is 0 Å². The number of carbonyl (C=O) groups is 1. The van der Waals surface area contributed by atoms with Gasteiger partial charge in [0.2, 0.25) is 0 Å². The van der Waals surface area contributed by atoms with Crippen molar-refractivity contribution >= 4 is 27.8 Å². The first kappa shape index (κ1) is 13.5. The smallest absolute Gasteiger partial charge is 0.303 e. The van der Waals surface area contributed by atoms with Gasteiger partial charge < -0.3 is 5.11 Å². The quantitative estimate of drug-likeness (QED) is 0.573. The molecular formula is C17H16N2O2. The van der Waals surface area contributed by atoms with Gasteiger partial charge in [-0.25, -0.2) is 0 Å². The van der Waals surface area contributed by atoms with Crippen molar-refractivity contribution < 1.29 is 9.90 Å². The molecule has 0 aliphatic heterocycles. The van der Waals surface area contributed by atoms with Gasteiger partial charge in [0.25, 0.3) is 0 Å². The van der Waals surface area contributed by atoms with E-state index in [4.69, 9.17) is 10.1 Å². The van der Waals surface area contributed by atoms with Crippen molar-refractivity contribution in [3.8, 4) is 0 Å². The summed E-state index contributed by atoms with van der Waals surface area (Å²) in [5, 5.41) is 10.8. The van der Waals surface area contributed by atoms with Crippen molar-refractivity contribution in [1.29, 1.82) is 0 Å². The summed E-state index contributed by atoms with van der Waals surface area (Å²) in [4.78, 5) is 19.6. The highest BCUT2D eigenvalue weighted by molar-refractivity contribution is 6.02. The number of carboxylic acids is 1. The van der Waals surface area contributed by atoms with Gasteiger partial charge in [-0.1, -0.05) is 24.3 Å². The number of carboxylic acid groups (broad SMARTS) is 1. The first-order valence-electron chi connectivity index (χ1n) is 7.09. The summed E-state index contributed by atoms with van der Waals surface area (Å²) in [6.45, 7) is 0. The normalized spacial score (nSPS) is 11.0. The SMILES string of the molecule is O=C(O)CCCCc1ccc2ccc3cccnc3c2n1. The standard InChI is InChI=1S/C17H16N2O2/c20-15(21)6-2-1-5-14-10-9-13-8-7-12-4-3-11-18-16(12)17(13)19-14/h3-4,7-11H,1-2,5-6H2,(H,20,21). The van der Waals surface area contributed by atoms with Crippen LogP contribution in [0.5, 0.6) is 0 Å². The van der Waals surface area contributed by atoms with E-state index < -0.39 is 5.97 Å². The van der Waals surface area contributed by atoms with Gasteiger partial charge in [-0.15, -0.1) is 0 Å². The van der Waals surface area contributed by atoms with Gasteiger partial charge in [0.1, 0.15) is 0 Å². The van der Waals surface area contributed by atoms with Crippen molar-refractivity contribution in [2.24, 2.45) is 0 Å². The van der Waals surface area contributed by atoms with Gasteiger partial charge in [0.05, 0.1) is 11.0 Å². The summed E-state index contributed by atoms with van der Waals surface area (Å²) in [7, 11) is 0. The van der Waals surface area contributed by atoms with Gasteiger partial charge in [-0.3, -0.25) is 14.8 Å². The second-order valence-corrected chi connectivity index (χ2v) is 5.12. The Bertz CT molecular complexity index is 799. The summed E-state index contributed by atoms with van der Waals surface area (Å²) in [5.41, 5.74) is 2.83. The molecule has 3 rings (SSSR count). The number of rotatable bonds is 5. The minimum atomic E-state index is -0.739. The zero-order chi connectivity index (χ0) is 14.7. The minimum Gasteiger partial charge on any atom is -0.481 e. The first-order valence-corrected chi connectivity index (χ1v) is 7.09. The predicted octanol–water partition coefficient (Wildman–Crippen LogP) is 3.58. The fraction of sp³-hybridized carbons (Fsp3) is 0.235. The van der Waals surface area contributed by atoms with Crippen molar-refractivity contribution in [2.75, 3.05) is 0 Å². The average Bonchev–Trinajstić information content (AvgIpc) is 2.51. The molecule has 0 spiro atoms. The molecule has 106 valence electrons. The van der Waals surface area contributed by atoms with Crippen LogP contribution in [-0.4, -0.2) is 21.0 Å². The lowest BCUT2D eigenvalue weighted by Crippen LogP contribution is -1.96. The third-order valence-electron chi connectivity index (χ3n) is 3.56. The number of nitrogens with zero attached hydrogens (tertiary/aromatic N) is 2. The van der Waals surface area contributed by atoms with Gasteiger partial charge >= 0.3 is 5.97 Å². The maximum absolute atomic E-state index is 10.5. The fourth-order valence-corrected chi connectivity index (χ4v) is 2.49. The molecular weight excluding hydrogens is 264 g/mol. The van der Waals surface area contributed by atoms with Crippen molar-refractivity contribution in [3.05, 3.63) is 48.3 Å². The lowest BCUT2D eigenvalue weighted by atomic mass is 10.1. The number of pyridine rings is 2. The van der Waals surface area contributed by atoms with Crippen LogP contribution in [-0.2, 0) is 11.2 Å². The van der Waals surface area contributed by atoms with Gasteiger partial charge in [0, 0.05) is 29.1 Å². The zero-order valence-electron chi connectivity index (χ0n) is 11.6. The summed E-state index contributed by atoms with van der Waals surface area (Å²) < 4.78 is 0. The van der Waals surface area contributed by atoms with Crippen LogP contribution in [0.2, 0.25) is 0 Å². The van der Waals surface area contributed by atoms with Crippen molar-refractivity contribution in [1.82, 2.24) is 9.97 Å².